The van der Waals surface area contributed by atoms with Crippen LogP contribution in [-0.2, 0) is 20.3 Å². The Balaban J connectivity index is 2.32. The van der Waals surface area contributed by atoms with Crippen molar-refractivity contribution >= 4 is 16.4 Å². The monoisotopic (exact) mass is 354 g/mol. The summed E-state index contributed by atoms with van der Waals surface area (Å²) in [5, 5.41) is 0. The lowest BCUT2D eigenvalue weighted by Gasteiger charge is -2.36. The average Bonchev–Trinajstić information content (AvgIpc) is 2.50. The Labute approximate surface area is 144 Å². The van der Waals surface area contributed by atoms with Crippen molar-refractivity contribution in [1.29, 1.82) is 0 Å². The maximum Gasteiger partial charge on any atom is 0.303 e. The van der Waals surface area contributed by atoms with Crippen LogP contribution in [-0.4, -0.2) is 24.7 Å². The summed E-state index contributed by atoms with van der Waals surface area (Å²) >= 11 is 0. The summed E-state index contributed by atoms with van der Waals surface area (Å²) in [6.07, 6.45) is 5.17. The Kier molecular flexibility index (Phi) is 5.71. The van der Waals surface area contributed by atoms with Crippen molar-refractivity contribution < 1.29 is 22.5 Å². The van der Waals surface area contributed by atoms with Gasteiger partial charge in [0.2, 0.25) is 5.44 Å². The number of hydrogen-bond acceptors (Lipinski definition) is 4. The SMILES string of the molecule is CCCCCC(C=O)c1ccc2c(c1)C(C)(C)CC(S(=O)(=O)O)O2. The molecule has 6 heteroatoms. The number of aldehydes is 1. The molecule has 1 aromatic rings. The second-order valence-corrected chi connectivity index (χ2v) is 8.70. The van der Waals surface area contributed by atoms with Crippen LogP contribution in [0.2, 0.25) is 0 Å². The highest BCUT2D eigenvalue weighted by atomic mass is 32.2. The molecule has 0 amide bonds. The largest absolute Gasteiger partial charge is 0.472 e. The van der Waals surface area contributed by atoms with E-state index < -0.39 is 21.0 Å². The standard InChI is InChI=1S/C18H26O5S/c1-4-5-6-7-14(12-19)13-8-9-16-15(10-13)18(2,3)11-17(23-16)24(20,21)22/h8-10,12,14,17H,4-7,11H2,1-3H3,(H,20,21,22). The maximum atomic E-state index is 11.5. The number of hydrogen-bond donors (Lipinski definition) is 1. The molecule has 0 aliphatic carbocycles. The second-order valence-electron chi connectivity index (χ2n) is 7.14. The first-order valence-electron chi connectivity index (χ1n) is 8.41. The highest BCUT2D eigenvalue weighted by molar-refractivity contribution is 7.86. The summed E-state index contributed by atoms with van der Waals surface area (Å²) < 4.78 is 37.6. The molecule has 24 heavy (non-hydrogen) atoms. The third-order valence-corrected chi connectivity index (χ3v) is 5.64. The van der Waals surface area contributed by atoms with Crippen LogP contribution in [0, 0.1) is 0 Å². The molecule has 1 aliphatic rings. The van der Waals surface area contributed by atoms with Crippen LogP contribution >= 0.6 is 0 Å². The molecular formula is C18H26O5S. The molecular weight excluding hydrogens is 328 g/mol. The van der Waals surface area contributed by atoms with Gasteiger partial charge >= 0.3 is 10.1 Å². The van der Waals surface area contributed by atoms with E-state index in [9.17, 15) is 17.8 Å². The fraction of sp³-hybridized carbons (Fsp3) is 0.611. The number of benzene rings is 1. The van der Waals surface area contributed by atoms with Crippen LogP contribution in [0.3, 0.4) is 0 Å². The van der Waals surface area contributed by atoms with Crippen molar-refractivity contribution in [1.82, 2.24) is 0 Å². The second kappa shape index (κ2) is 7.23. The number of carbonyl (C=O) groups is 1. The molecule has 2 unspecified atom stereocenters. The normalized spacial score (nSPS) is 20.8. The van der Waals surface area contributed by atoms with Gasteiger partial charge in [-0.2, -0.15) is 8.42 Å². The molecule has 0 fully saturated rings. The van der Waals surface area contributed by atoms with Crippen molar-refractivity contribution in [3.63, 3.8) is 0 Å². The third kappa shape index (κ3) is 4.16. The van der Waals surface area contributed by atoms with Crippen molar-refractivity contribution in [2.24, 2.45) is 0 Å². The van der Waals surface area contributed by atoms with E-state index >= 15 is 0 Å². The first-order valence-corrected chi connectivity index (χ1v) is 9.92. The Morgan fingerprint density at radius 3 is 2.67 bits per heavy atom. The van der Waals surface area contributed by atoms with E-state index in [1.165, 1.54) is 0 Å². The van der Waals surface area contributed by atoms with Crippen LogP contribution in [0.4, 0.5) is 0 Å². The first kappa shape index (κ1) is 18.9. The van der Waals surface area contributed by atoms with E-state index in [2.05, 4.69) is 6.92 Å². The van der Waals surface area contributed by atoms with Crippen molar-refractivity contribution in [3.8, 4) is 5.75 Å². The van der Waals surface area contributed by atoms with Gasteiger partial charge in [-0.05, 0) is 23.5 Å². The summed E-state index contributed by atoms with van der Waals surface area (Å²) in [5.74, 6) is 0.299. The minimum absolute atomic E-state index is 0.156. The molecule has 0 radical (unpaired) electrons. The van der Waals surface area contributed by atoms with E-state index in [4.69, 9.17) is 4.74 Å². The minimum atomic E-state index is -4.26. The summed E-state index contributed by atoms with van der Waals surface area (Å²) in [6.45, 7) is 5.97. The lowest BCUT2D eigenvalue weighted by Crippen LogP contribution is -2.39. The number of rotatable bonds is 7. The fourth-order valence-electron chi connectivity index (χ4n) is 3.21. The zero-order valence-electron chi connectivity index (χ0n) is 14.5. The van der Waals surface area contributed by atoms with Crippen LogP contribution in [0.25, 0.3) is 0 Å². The molecule has 0 saturated heterocycles. The highest BCUT2D eigenvalue weighted by Gasteiger charge is 2.40. The molecule has 134 valence electrons. The fourth-order valence-corrected chi connectivity index (χ4v) is 4.07. The quantitative estimate of drug-likeness (QED) is 0.457. The summed E-state index contributed by atoms with van der Waals surface area (Å²) in [4.78, 5) is 11.5. The van der Waals surface area contributed by atoms with Gasteiger partial charge in [0, 0.05) is 17.9 Å². The van der Waals surface area contributed by atoms with Gasteiger partial charge in [0.05, 0.1) is 0 Å². The number of ether oxygens (including phenoxy) is 1. The average molecular weight is 354 g/mol. The van der Waals surface area contributed by atoms with Gasteiger partial charge in [-0.25, -0.2) is 0 Å². The number of unbranched alkanes of at least 4 members (excludes halogenated alkanes) is 2. The molecule has 0 aromatic heterocycles. The zero-order chi connectivity index (χ0) is 18.0. The van der Waals surface area contributed by atoms with Crippen LogP contribution in [0.1, 0.15) is 69.9 Å². The van der Waals surface area contributed by atoms with Crippen LogP contribution in [0.5, 0.6) is 5.75 Å². The topological polar surface area (TPSA) is 80.7 Å². The molecule has 2 atom stereocenters. The van der Waals surface area contributed by atoms with Crippen molar-refractivity contribution in [2.45, 2.75) is 69.6 Å². The van der Waals surface area contributed by atoms with Crippen molar-refractivity contribution in [2.75, 3.05) is 0 Å². The Morgan fingerprint density at radius 1 is 1.38 bits per heavy atom. The van der Waals surface area contributed by atoms with E-state index in [0.717, 1.165) is 43.1 Å². The molecule has 5 nitrogen and oxygen atoms in total. The van der Waals surface area contributed by atoms with Gasteiger partial charge in [-0.1, -0.05) is 52.2 Å². The van der Waals surface area contributed by atoms with E-state index in [0.29, 0.717) is 5.75 Å². The molecule has 0 saturated carbocycles. The van der Waals surface area contributed by atoms with Gasteiger partial charge in [-0.15, -0.1) is 0 Å². The first-order chi connectivity index (χ1) is 11.2. The van der Waals surface area contributed by atoms with Crippen LogP contribution in [0.15, 0.2) is 18.2 Å². The molecule has 0 spiro atoms. The smallest absolute Gasteiger partial charge is 0.303 e. The van der Waals surface area contributed by atoms with E-state index in [-0.39, 0.29) is 12.3 Å². The summed E-state index contributed by atoms with van der Waals surface area (Å²) in [6, 6.07) is 5.47. The van der Waals surface area contributed by atoms with E-state index in [1.54, 1.807) is 6.07 Å². The molecule has 2 rings (SSSR count). The van der Waals surface area contributed by atoms with Gasteiger partial charge in [0.15, 0.2) is 0 Å². The lowest BCUT2D eigenvalue weighted by molar-refractivity contribution is -0.109. The predicted octanol–water partition coefficient (Wildman–Crippen LogP) is 3.82. The van der Waals surface area contributed by atoms with Crippen LogP contribution < -0.4 is 4.74 Å². The lowest BCUT2D eigenvalue weighted by atomic mass is 9.78. The van der Waals surface area contributed by atoms with Gasteiger partial charge in [0.25, 0.3) is 0 Å². The Hall–Kier alpha value is -1.40. The summed E-state index contributed by atoms with van der Waals surface area (Å²) in [5.41, 5.74) is 0.0855. The Bertz CT molecular complexity index is 693. The zero-order valence-corrected chi connectivity index (χ0v) is 15.3. The van der Waals surface area contributed by atoms with Gasteiger partial charge < -0.3 is 9.53 Å². The van der Waals surface area contributed by atoms with E-state index in [1.807, 2.05) is 26.0 Å². The molecule has 1 aliphatic heterocycles. The molecule has 1 aromatic carbocycles. The number of carbonyl (C=O) groups excluding carboxylic acids is 1. The minimum Gasteiger partial charge on any atom is -0.472 e. The van der Waals surface area contributed by atoms with Crippen molar-refractivity contribution in [3.05, 3.63) is 29.3 Å². The maximum absolute atomic E-state index is 11.5. The third-order valence-electron chi connectivity index (χ3n) is 4.71. The molecule has 1 heterocycles. The summed E-state index contributed by atoms with van der Waals surface area (Å²) in [7, 11) is -4.26. The molecule has 1 N–H and O–H groups in total. The predicted molar refractivity (Wildman–Crippen MR) is 93.0 cm³/mol. The number of fused-ring (bicyclic) bond motifs is 1. The molecule has 0 bridgehead atoms. The highest BCUT2D eigenvalue weighted by Crippen LogP contribution is 2.43. The van der Waals surface area contributed by atoms with Gasteiger partial charge in [0.1, 0.15) is 12.0 Å². The van der Waals surface area contributed by atoms with Gasteiger partial charge in [-0.3, -0.25) is 4.55 Å². The Morgan fingerprint density at radius 2 is 2.08 bits per heavy atom.